The highest BCUT2D eigenvalue weighted by molar-refractivity contribution is 3.82. The van der Waals surface area contributed by atoms with Gasteiger partial charge in [0.05, 0.1) is 0 Å². The molecule has 0 aromatic carbocycles. The van der Waals surface area contributed by atoms with Crippen molar-refractivity contribution in [3.8, 4) is 0 Å². The largest absolute Gasteiger partial charge is 1.00 e. The molecular weight excluding hydrogens is 117 g/mol. The fourth-order valence-corrected chi connectivity index (χ4v) is 0. The Morgan fingerprint density at radius 2 is 1.57 bits per heavy atom. The summed E-state index contributed by atoms with van der Waals surface area (Å²) in [6.07, 6.45) is 0. The first-order chi connectivity index (χ1) is 2.56. The van der Waals surface area contributed by atoms with Gasteiger partial charge in [-0.1, -0.05) is 0 Å². The summed E-state index contributed by atoms with van der Waals surface area (Å²) in [5.74, 6) is 0. The molecule has 0 aromatic heterocycles. The molecule has 0 aliphatic heterocycles. The van der Waals surface area contributed by atoms with Crippen LogP contribution >= 0.6 is 0 Å². The second-order valence-corrected chi connectivity index (χ2v) is 1.76. The van der Waals surface area contributed by atoms with Crippen molar-refractivity contribution in [2.24, 2.45) is 0 Å². The summed E-state index contributed by atoms with van der Waals surface area (Å²) in [6.45, 7) is -0.236. The molecule has 0 bridgehead atoms. The van der Waals surface area contributed by atoms with Crippen molar-refractivity contribution < 1.29 is 27.4 Å². The second kappa shape index (κ2) is 3.21. The van der Waals surface area contributed by atoms with Crippen LogP contribution in [0.3, 0.4) is 0 Å². The molecular formula is C3H10ClNO2. The number of hydrogen-bond acceptors (Lipinski definition) is 2. The van der Waals surface area contributed by atoms with E-state index in [0.717, 1.165) is 0 Å². The monoisotopic (exact) mass is 127 g/mol. The first-order valence-corrected chi connectivity index (χ1v) is 1.73. The highest BCUT2D eigenvalue weighted by atomic mass is 35.5. The fourth-order valence-electron chi connectivity index (χ4n) is 0. The van der Waals surface area contributed by atoms with Crippen molar-refractivity contribution >= 4 is 0 Å². The molecule has 0 atom stereocenters. The smallest absolute Gasteiger partial charge is 0.209 e. The van der Waals surface area contributed by atoms with Gasteiger partial charge in [0.25, 0.3) is 0 Å². The third kappa shape index (κ3) is 10.7. The van der Waals surface area contributed by atoms with E-state index in [9.17, 15) is 0 Å². The lowest BCUT2D eigenvalue weighted by Crippen LogP contribution is -3.00. The molecule has 0 aliphatic carbocycles. The summed E-state index contributed by atoms with van der Waals surface area (Å²) in [6, 6.07) is 0. The zero-order chi connectivity index (χ0) is 5.21. The van der Waals surface area contributed by atoms with Crippen LogP contribution in [-0.2, 0) is 0 Å². The minimum Gasteiger partial charge on any atom is -1.00 e. The van der Waals surface area contributed by atoms with Crippen molar-refractivity contribution in [1.82, 2.24) is 0 Å². The minimum atomic E-state index is -0.375. The van der Waals surface area contributed by atoms with Gasteiger partial charge in [-0.25, -0.2) is 5.21 Å². The van der Waals surface area contributed by atoms with E-state index in [2.05, 4.69) is 0 Å². The van der Waals surface area contributed by atoms with E-state index in [-0.39, 0.29) is 23.8 Å². The summed E-state index contributed by atoms with van der Waals surface area (Å²) < 4.78 is -0.375. The predicted octanol–water partition coefficient (Wildman–Crippen LogP) is -3.59. The number of nitrogens with zero attached hydrogens (tertiary/aromatic N) is 1. The normalized spacial score (nSPS) is 10.3. The summed E-state index contributed by atoms with van der Waals surface area (Å²) in [5, 5.41) is 16.6. The molecule has 0 aliphatic rings. The SMILES string of the molecule is C[N+](C)(O)CO.[Cl-]. The fraction of sp³-hybridized carbons (Fsp3) is 1.00. The molecule has 2 N–H and O–H groups in total. The second-order valence-electron chi connectivity index (χ2n) is 1.76. The van der Waals surface area contributed by atoms with Crippen LogP contribution in [0.1, 0.15) is 0 Å². The first kappa shape index (κ1) is 10.2. The third-order valence-corrected chi connectivity index (χ3v) is 0.346. The van der Waals surface area contributed by atoms with Crippen LogP contribution in [0.5, 0.6) is 0 Å². The van der Waals surface area contributed by atoms with E-state index in [1.165, 1.54) is 14.1 Å². The zero-order valence-corrected chi connectivity index (χ0v) is 5.18. The number of halogens is 1. The maximum absolute atomic E-state index is 8.51. The Morgan fingerprint density at radius 1 is 1.43 bits per heavy atom. The molecule has 4 heteroatoms. The van der Waals surface area contributed by atoms with E-state index < -0.39 is 0 Å². The summed E-state index contributed by atoms with van der Waals surface area (Å²) in [7, 11) is 2.97. The van der Waals surface area contributed by atoms with E-state index in [1.807, 2.05) is 0 Å². The molecule has 0 aromatic rings. The number of aliphatic hydroxyl groups is 1. The van der Waals surface area contributed by atoms with Gasteiger partial charge in [-0.3, -0.25) is 0 Å². The van der Waals surface area contributed by atoms with Crippen LogP contribution in [0, 0.1) is 0 Å². The van der Waals surface area contributed by atoms with E-state index in [1.54, 1.807) is 0 Å². The molecule has 0 radical (unpaired) electrons. The van der Waals surface area contributed by atoms with Crippen molar-refractivity contribution in [1.29, 1.82) is 0 Å². The Hall–Kier alpha value is 0.170. The molecule has 0 spiro atoms. The van der Waals surface area contributed by atoms with Crippen LogP contribution in [0.15, 0.2) is 0 Å². The van der Waals surface area contributed by atoms with Crippen molar-refractivity contribution in [3.63, 3.8) is 0 Å². The van der Waals surface area contributed by atoms with Crippen LogP contribution in [-0.4, -0.2) is 35.8 Å². The van der Waals surface area contributed by atoms with Crippen LogP contribution < -0.4 is 12.4 Å². The van der Waals surface area contributed by atoms with E-state index in [0.29, 0.717) is 0 Å². The third-order valence-electron chi connectivity index (χ3n) is 0.346. The Labute approximate surface area is 49.1 Å². The van der Waals surface area contributed by atoms with Gasteiger partial charge in [0.1, 0.15) is 14.1 Å². The molecule has 7 heavy (non-hydrogen) atoms. The van der Waals surface area contributed by atoms with Crippen molar-refractivity contribution in [3.05, 3.63) is 0 Å². The van der Waals surface area contributed by atoms with Gasteiger partial charge >= 0.3 is 0 Å². The minimum absolute atomic E-state index is 0. The van der Waals surface area contributed by atoms with Gasteiger partial charge in [-0.05, 0) is 0 Å². The Bertz CT molecular complexity index is 42.7. The summed E-state index contributed by atoms with van der Waals surface area (Å²) in [4.78, 5) is 0. The van der Waals surface area contributed by atoms with Gasteiger partial charge in [0, 0.05) is 0 Å². The lowest BCUT2D eigenvalue weighted by Gasteiger charge is -2.14. The average Bonchev–Trinajstić information content (AvgIpc) is 1.35. The Kier molecular flexibility index (Phi) is 4.68. The highest BCUT2D eigenvalue weighted by Gasteiger charge is 2.03. The number of quaternary nitrogens is 1. The van der Waals surface area contributed by atoms with Crippen molar-refractivity contribution in [2.75, 3.05) is 20.8 Å². The molecule has 46 valence electrons. The van der Waals surface area contributed by atoms with E-state index in [4.69, 9.17) is 10.3 Å². The Balaban J connectivity index is 0. The number of hydroxylamine groups is 3. The average molecular weight is 128 g/mol. The van der Waals surface area contributed by atoms with Gasteiger partial charge in [0.2, 0.25) is 6.73 Å². The molecule has 0 heterocycles. The molecule has 0 saturated carbocycles. The van der Waals surface area contributed by atoms with Gasteiger partial charge in [-0.2, -0.15) is 4.65 Å². The maximum atomic E-state index is 8.51. The molecule has 0 saturated heterocycles. The van der Waals surface area contributed by atoms with Crippen LogP contribution in [0.4, 0.5) is 0 Å². The topological polar surface area (TPSA) is 40.5 Å². The lowest BCUT2D eigenvalue weighted by molar-refractivity contribution is -1.09. The van der Waals surface area contributed by atoms with Crippen molar-refractivity contribution in [2.45, 2.75) is 0 Å². The summed E-state index contributed by atoms with van der Waals surface area (Å²) in [5.41, 5.74) is 0. The zero-order valence-electron chi connectivity index (χ0n) is 4.43. The molecule has 3 nitrogen and oxygen atoms in total. The quantitative estimate of drug-likeness (QED) is 0.217. The Morgan fingerprint density at radius 3 is 1.57 bits per heavy atom. The molecule has 0 fully saturated rings. The van der Waals surface area contributed by atoms with Crippen LogP contribution in [0.25, 0.3) is 0 Å². The highest BCUT2D eigenvalue weighted by Crippen LogP contribution is 1.80. The maximum Gasteiger partial charge on any atom is 0.209 e. The first-order valence-electron chi connectivity index (χ1n) is 1.73. The van der Waals surface area contributed by atoms with Gasteiger partial charge in [0.15, 0.2) is 0 Å². The standard InChI is InChI=1S/C3H10NO2.ClH/c1-4(2,6)3-5;/h5-6H,3H2,1-2H3;1H/q+1;/p-1. The van der Waals surface area contributed by atoms with E-state index >= 15 is 0 Å². The van der Waals surface area contributed by atoms with Gasteiger partial charge < -0.3 is 17.5 Å². The van der Waals surface area contributed by atoms with Gasteiger partial charge in [-0.15, -0.1) is 0 Å². The lowest BCUT2D eigenvalue weighted by atomic mass is 10.9. The van der Waals surface area contributed by atoms with Crippen LogP contribution in [0.2, 0.25) is 0 Å². The molecule has 0 unspecified atom stereocenters. The number of aliphatic hydroxyl groups excluding tert-OH is 1. The summed E-state index contributed by atoms with van der Waals surface area (Å²) >= 11 is 0. The number of hydrogen-bond donors (Lipinski definition) is 2. The molecule has 0 rings (SSSR count). The molecule has 0 amide bonds. The number of rotatable bonds is 1. The predicted molar refractivity (Wildman–Crippen MR) is 21.0 cm³/mol.